The highest BCUT2D eigenvalue weighted by atomic mass is 79.9. The predicted molar refractivity (Wildman–Crippen MR) is 106 cm³/mol. The molecule has 0 saturated carbocycles. The highest BCUT2D eigenvalue weighted by molar-refractivity contribution is 9.10. The second-order valence-electron chi connectivity index (χ2n) is 6.17. The van der Waals surface area contributed by atoms with Crippen molar-refractivity contribution in [2.75, 3.05) is 13.7 Å². The van der Waals surface area contributed by atoms with E-state index >= 15 is 0 Å². The summed E-state index contributed by atoms with van der Waals surface area (Å²) in [6.07, 6.45) is 3.41. The van der Waals surface area contributed by atoms with Crippen molar-refractivity contribution in [1.29, 1.82) is 0 Å². The van der Waals surface area contributed by atoms with Gasteiger partial charge in [0.25, 0.3) is 5.91 Å². The van der Waals surface area contributed by atoms with Crippen LogP contribution in [0.5, 0.6) is 5.75 Å². The third-order valence-electron chi connectivity index (χ3n) is 4.29. The average Bonchev–Trinajstić information content (AvgIpc) is 3.01. The lowest BCUT2D eigenvalue weighted by Gasteiger charge is -2.08. The first-order chi connectivity index (χ1) is 12.5. The molecule has 0 aliphatic rings. The maximum atomic E-state index is 12.8. The summed E-state index contributed by atoms with van der Waals surface area (Å²) in [6, 6.07) is 9.88. The number of fused-ring (bicyclic) bond motifs is 1. The van der Waals surface area contributed by atoms with Gasteiger partial charge in [0.05, 0.1) is 17.3 Å². The third-order valence-corrected chi connectivity index (χ3v) is 4.88. The van der Waals surface area contributed by atoms with Crippen LogP contribution in [0.25, 0.3) is 5.65 Å². The smallest absolute Gasteiger partial charge is 0.270 e. The number of halogens is 1. The molecule has 6 heteroatoms. The van der Waals surface area contributed by atoms with E-state index in [1.54, 1.807) is 7.11 Å². The maximum absolute atomic E-state index is 12.8. The Labute approximate surface area is 161 Å². The van der Waals surface area contributed by atoms with Crippen LogP contribution in [0.1, 0.15) is 34.2 Å². The van der Waals surface area contributed by atoms with E-state index in [4.69, 9.17) is 4.74 Å². The van der Waals surface area contributed by atoms with Gasteiger partial charge in [0.2, 0.25) is 0 Å². The molecule has 26 heavy (non-hydrogen) atoms. The Hall–Kier alpha value is -2.34. The fourth-order valence-corrected chi connectivity index (χ4v) is 3.60. The standard InChI is InChI=1S/C20H22BrN3O2/c1-4-17-18(24-12-13(2)11-16(21)19(24)23-17)20(25)22-10-9-14-5-7-15(26-3)8-6-14/h5-8,11-12H,4,9-10H2,1-3H3,(H,22,25). The quantitative estimate of drug-likeness (QED) is 0.662. The molecule has 5 nitrogen and oxygen atoms in total. The Morgan fingerprint density at radius 3 is 2.69 bits per heavy atom. The van der Waals surface area contributed by atoms with Crippen LogP contribution in [0.2, 0.25) is 0 Å². The number of rotatable bonds is 6. The van der Waals surface area contributed by atoms with Crippen molar-refractivity contribution in [3.63, 3.8) is 0 Å². The third kappa shape index (κ3) is 3.75. The molecule has 1 aromatic carbocycles. The largest absolute Gasteiger partial charge is 0.497 e. The van der Waals surface area contributed by atoms with Gasteiger partial charge in [0.15, 0.2) is 5.65 Å². The number of ether oxygens (including phenoxy) is 1. The Balaban J connectivity index is 1.76. The minimum Gasteiger partial charge on any atom is -0.497 e. The van der Waals surface area contributed by atoms with Crippen molar-refractivity contribution in [3.05, 3.63) is 63.5 Å². The van der Waals surface area contributed by atoms with E-state index in [1.807, 2.05) is 54.8 Å². The molecule has 3 aromatic rings. The average molecular weight is 416 g/mol. The van der Waals surface area contributed by atoms with Gasteiger partial charge >= 0.3 is 0 Å². The van der Waals surface area contributed by atoms with E-state index in [2.05, 4.69) is 26.2 Å². The van der Waals surface area contributed by atoms with Crippen LogP contribution in [-0.2, 0) is 12.8 Å². The molecule has 0 aliphatic carbocycles. The van der Waals surface area contributed by atoms with Gasteiger partial charge in [-0.15, -0.1) is 0 Å². The van der Waals surface area contributed by atoms with E-state index in [1.165, 1.54) is 0 Å². The number of hydrogen-bond donors (Lipinski definition) is 1. The minimum atomic E-state index is -0.0969. The fourth-order valence-electron chi connectivity index (χ4n) is 2.96. The minimum absolute atomic E-state index is 0.0969. The number of aryl methyl sites for hydroxylation is 2. The summed E-state index contributed by atoms with van der Waals surface area (Å²) in [5, 5.41) is 3.02. The van der Waals surface area contributed by atoms with Crippen LogP contribution in [-0.4, -0.2) is 28.9 Å². The van der Waals surface area contributed by atoms with Crippen molar-refractivity contribution in [2.45, 2.75) is 26.7 Å². The summed E-state index contributed by atoms with van der Waals surface area (Å²) >= 11 is 3.54. The molecule has 0 spiro atoms. The molecular formula is C20H22BrN3O2. The van der Waals surface area contributed by atoms with Crippen molar-refractivity contribution >= 4 is 27.5 Å². The molecule has 0 saturated heterocycles. The molecule has 0 unspecified atom stereocenters. The zero-order valence-corrected chi connectivity index (χ0v) is 16.8. The Kier molecular flexibility index (Phi) is 5.61. The highest BCUT2D eigenvalue weighted by Gasteiger charge is 2.19. The first-order valence-electron chi connectivity index (χ1n) is 8.61. The summed E-state index contributed by atoms with van der Waals surface area (Å²) in [7, 11) is 1.65. The maximum Gasteiger partial charge on any atom is 0.270 e. The number of methoxy groups -OCH3 is 1. The van der Waals surface area contributed by atoms with Gasteiger partial charge in [0.1, 0.15) is 11.4 Å². The Bertz CT molecular complexity index is 932. The number of aromatic nitrogens is 2. The van der Waals surface area contributed by atoms with Crippen LogP contribution in [0.4, 0.5) is 0 Å². The zero-order chi connectivity index (χ0) is 18.7. The van der Waals surface area contributed by atoms with E-state index in [9.17, 15) is 4.79 Å². The van der Waals surface area contributed by atoms with Gasteiger partial charge in [-0.05, 0) is 65.0 Å². The fraction of sp³-hybridized carbons (Fsp3) is 0.300. The first-order valence-corrected chi connectivity index (χ1v) is 9.41. The van der Waals surface area contributed by atoms with Crippen LogP contribution in [0, 0.1) is 6.92 Å². The molecule has 0 radical (unpaired) electrons. The molecule has 0 fully saturated rings. The monoisotopic (exact) mass is 415 g/mol. The molecule has 2 aromatic heterocycles. The number of pyridine rings is 1. The second-order valence-corrected chi connectivity index (χ2v) is 7.03. The molecule has 2 heterocycles. The number of carbonyl (C=O) groups is 1. The molecular weight excluding hydrogens is 394 g/mol. The number of imidazole rings is 1. The van der Waals surface area contributed by atoms with E-state index in [0.717, 1.165) is 39.1 Å². The van der Waals surface area contributed by atoms with Crippen molar-refractivity contribution in [3.8, 4) is 5.75 Å². The SMILES string of the molecule is CCc1nc2c(Br)cc(C)cn2c1C(=O)NCCc1ccc(OC)cc1. The van der Waals surface area contributed by atoms with Gasteiger partial charge in [-0.3, -0.25) is 9.20 Å². The number of carbonyl (C=O) groups excluding carboxylic acids is 1. The van der Waals surface area contributed by atoms with Crippen LogP contribution >= 0.6 is 15.9 Å². The van der Waals surface area contributed by atoms with Gasteiger partial charge in [-0.2, -0.15) is 0 Å². The summed E-state index contributed by atoms with van der Waals surface area (Å²) in [4.78, 5) is 17.4. The molecule has 1 amide bonds. The Morgan fingerprint density at radius 1 is 1.31 bits per heavy atom. The lowest BCUT2D eigenvalue weighted by molar-refractivity contribution is 0.0947. The van der Waals surface area contributed by atoms with Crippen molar-refractivity contribution < 1.29 is 9.53 Å². The molecule has 1 N–H and O–H groups in total. The number of nitrogens with one attached hydrogen (secondary N) is 1. The van der Waals surface area contributed by atoms with E-state index in [-0.39, 0.29) is 5.91 Å². The van der Waals surface area contributed by atoms with Crippen LogP contribution in [0.15, 0.2) is 41.0 Å². The number of nitrogens with zero attached hydrogens (tertiary/aromatic N) is 2. The lowest BCUT2D eigenvalue weighted by atomic mass is 10.1. The van der Waals surface area contributed by atoms with Crippen molar-refractivity contribution in [1.82, 2.24) is 14.7 Å². The molecule has 0 aliphatic heterocycles. The van der Waals surface area contributed by atoms with E-state index < -0.39 is 0 Å². The number of amides is 1. The molecule has 3 rings (SSSR count). The van der Waals surface area contributed by atoms with E-state index in [0.29, 0.717) is 18.7 Å². The van der Waals surface area contributed by atoms with Gasteiger partial charge in [-0.25, -0.2) is 4.98 Å². The number of benzene rings is 1. The Morgan fingerprint density at radius 2 is 2.04 bits per heavy atom. The summed E-state index contributed by atoms with van der Waals surface area (Å²) in [5.41, 5.74) is 4.41. The summed E-state index contributed by atoms with van der Waals surface area (Å²) in [5.74, 6) is 0.734. The topological polar surface area (TPSA) is 55.6 Å². The van der Waals surface area contributed by atoms with Crippen LogP contribution < -0.4 is 10.1 Å². The van der Waals surface area contributed by atoms with Crippen molar-refractivity contribution in [2.24, 2.45) is 0 Å². The van der Waals surface area contributed by atoms with Crippen LogP contribution in [0.3, 0.4) is 0 Å². The normalized spacial score (nSPS) is 10.9. The summed E-state index contributed by atoms with van der Waals surface area (Å²) in [6.45, 7) is 4.58. The predicted octanol–water partition coefficient (Wildman–Crippen LogP) is 3.95. The number of hydrogen-bond acceptors (Lipinski definition) is 3. The molecule has 0 bridgehead atoms. The zero-order valence-electron chi connectivity index (χ0n) is 15.2. The van der Waals surface area contributed by atoms with Gasteiger partial charge < -0.3 is 10.1 Å². The second kappa shape index (κ2) is 7.91. The van der Waals surface area contributed by atoms with Gasteiger partial charge in [0, 0.05) is 12.7 Å². The molecule has 136 valence electrons. The first kappa shape index (κ1) is 18.5. The highest BCUT2D eigenvalue weighted by Crippen LogP contribution is 2.23. The lowest BCUT2D eigenvalue weighted by Crippen LogP contribution is -2.27. The molecule has 0 atom stereocenters. The van der Waals surface area contributed by atoms with Gasteiger partial charge in [-0.1, -0.05) is 19.1 Å². The summed E-state index contributed by atoms with van der Waals surface area (Å²) < 4.78 is 7.93.